The van der Waals surface area contributed by atoms with E-state index in [0.29, 0.717) is 11.8 Å². The summed E-state index contributed by atoms with van der Waals surface area (Å²) in [6.45, 7) is 1.89. The smallest absolute Gasteiger partial charge is 0.267 e. The highest BCUT2D eigenvalue weighted by Crippen LogP contribution is 1.97. The average molecular weight is 231 g/mol. The molecule has 62 valence electrons. The molecule has 0 N–H and O–H groups in total. The zero-order valence-corrected chi connectivity index (χ0v) is 8.24. The van der Waals surface area contributed by atoms with E-state index in [0.717, 1.165) is 0 Å². The molecule has 0 saturated heterocycles. The summed E-state index contributed by atoms with van der Waals surface area (Å²) in [4.78, 5) is 0. The summed E-state index contributed by atoms with van der Waals surface area (Å²) in [5.41, 5.74) is 0. The number of rotatable bonds is 5. The largest absolute Gasteiger partial charge is 0.270 e. The molecule has 0 spiro atoms. The Kier molecular flexibility index (Phi) is 5.29. The maximum Gasteiger partial charge on any atom is 0.267 e. The Morgan fingerprint density at radius 3 is 2.50 bits per heavy atom. The van der Waals surface area contributed by atoms with Gasteiger partial charge in [0.15, 0.2) is 0 Å². The fraction of sp³-hybridized carbons (Fsp3) is 1.00. The molecule has 0 rings (SSSR count). The lowest BCUT2D eigenvalue weighted by Crippen LogP contribution is -2.10. The van der Waals surface area contributed by atoms with E-state index in [1.807, 2.05) is 0 Å². The van der Waals surface area contributed by atoms with Gasteiger partial charge in [0.05, 0.1) is 12.4 Å². The van der Waals surface area contributed by atoms with Gasteiger partial charge in [0.1, 0.15) is 0 Å². The molecule has 0 fully saturated rings. The number of halogens is 1. The Bertz CT molecular complexity index is 164. The fourth-order valence-electron chi connectivity index (χ4n) is 0.470. The molecule has 0 aliphatic heterocycles. The second-order valence-electron chi connectivity index (χ2n) is 1.71. The van der Waals surface area contributed by atoms with E-state index in [1.165, 1.54) is 0 Å². The van der Waals surface area contributed by atoms with E-state index in [2.05, 4.69) is 20.1 Å². The molecule has 0 unspecified atom stereocenters. The number of hydrogen-bond donors (Lipinski definition) is 0. The van der Waals surface area contributed by atoms with Crippen molar-refractivity contribution in [2.24, 2.45) is 0 Å². The van der Waals surface area contributed by atoms with Crippen molar-refractivity contribution < 1.29 is 12.6 Å². The molecule has 0 aromatic heterocycles. The summed E-state index contributed by atoms with van der Waals surface area (Å²) in [6.07, 6.45) is 0.600. The number of alkyl halides is 1. The van der Waals surface area contributed by atoms with E-state index in [1.54, 1.807) is 6.92 Å². The van der Waals surface area contributed by atoms with Crippen molar-refractivity contribution in [3.63, 3.8) is 0 Å². The van der Waals surface area contributed by atoms with Crippen LogP contribution in [0.1, 0.15) is 13.3 Å². The summed E-state index contributed by atoms with van der Waals surface area (Å²) in [5.74, 6) is 0.103. The van der Waals surface area contributed by atoms with Crippen LogP contribution in [-0.2, 0) is 14.3 Å². The first-order chi connectivity index (χ1) is 4.62. The van der Waals surface area contributed by atoms with Crippen LogP contribution in [0.2, 0.25) is 0 Å². The molecule has 0 radical (unpaired) electrons. The maximum atomic E-state index is 10.7. The fourth-order valence-corrected chi connectivity index (χ4v) is 2.10. The monoisotopic (exact) mass is 230 g/mol. The van der Waals surface area contributed by atoms with Gasteiger partial charge in [-0.15, -0.1) is 0 Å². The molecule has 0 aromatic rings. The molecule has 0 aliphatic carbocycles. The summed E-state index contributed by atoms with van der Waals surface area (Å²) in [7, 11) is -3.22. The molecular weight excluding hydrogens is 220 g/mol. The quantitative estimate of drug-likeness (QED) is 0.526. The van der Waals surface area contributed by atoms with Crippen molar-refractivity contribution in [1.29, 1.82) is 0 Å². The highest BCUT2D eigenvalue weighted by Gasteiger charge is 2.07. The van der Waals surface area contributed by atoms with E-state index < -0.39 is 10.1 Å². The van der Waals surface area contributed by atoms with Crippen LogP contribution in [0.5, 0.6) is 0 Å². The highest BCUT2D eigenvalue weighted by atomic mass is 79.9. The lowest BCUT2D eigenvalue weighted by atomic mass is 10.6. The van der Waals surface area contributed by atoms with Crippen molar-refractivity contribution in [2.75, 3.05) is 17.7 Å². The third-order valence-electron chi connectivity index (χ3n) is 0.825. The third kappa shape index (κ3) is 5.20. The van der Waals surface area contributed by atoms with Crippen molar-refractivity contribution in [3.8, 4) is 0 Å². The van der Waals surface area contributed by atoms with Gasteiger partial charge in [0, 0.05) is 5.33 Å². The number of hydrogen-bond acceptors (Lipinski definition) is 3. The Morgan fingerprint density at radius 1 is 1.50 bits per heavy atom. The second-order valence-corrected chi connectivity index (χ2v) is 4.26. The van der Waals surface area contributed by atoms with Gasteiger partial charge in [-0.1, -0.05) is 15.9 Å². The zero-order valence-electron chi connectivity index (χ0n) is 5.84. The zero-order chi connectivity index (χ0) is 8.04. The average Bonchev–Trinajstić information content (AvgIpc) is 1.84. The first kappa shape index (κ1) is 10.4. The van der Waals surface area contributed by atoms with E-state index in [4.69, 9.17) is 0 Å². The third-order valence-corrected chi connectivity index (χ3v) is 2.77. The van der Waals surface area contributed by atoms with Crippen LogP contribution in [0.3, 0.4) is 0 Å². The Morgan fingerprint density at radius 2 is 2.10 bits per heavy atom. The van der Waals surface area contributed by atoms with Crippen LogP contribution in [0.4, 0.5) is 0 Å². The normalized spacial score (nSPS) is 11.8. The van der Waals surface area contributed by atoms with Crippen LogP contribution in [0, 0.1) is 0 Å². The predicted molar refractivity (Wildman–Crippen MR) is 43.8 cm³/mol. The molecule has 10 heavy (non-hydrogen) atoms. The molecule has 0 bridgehead atoms. The SMILES string of the molecule is CCOS(=O)(=O)CCCBr. The van der Waals surface area contributed by atoms with Gasteiger partial charge in [0.2, 0.25) is 0 Å². The molecule has 0 aromatic carbocycles. The molecule has 0 heterocycles. The summed E-state index contributed by atoms with van der Waals surface area (Å²) in [5, 5.41) is 0.694. The van der Waals surface area contributed by atoms with Crippen molar-refractivity contribution in [1.82, 2.24) is 0 Å². The van der Waals surface area contributed by atoms with Crippen LogP contribution in [0.25, 0.3) is 0 Å². The molecule has 0 saturated carbocycles. The van der Waals surface area contributed by atoms with Crippen molar-refractivity contribution in [2.45, 2.75) is 13.3 Å². The van der Waals surface area contributed by atoms with Crippen LogP contribution >= 0.6 is 15.9 Å². The molecule has 5 heteroatoms. The lowest BCUT2D eigenvalue weighted by Gasteiger charge is -1.99. The van der Waals surface area contributed by atoms with Crippen LogP contribution in [0.15, 0.2) is 0 Å². The molecular formula is C5H11BrO3S. The summed E-state index contributed by atoms with van der Waals surface area (Å²) >= 11 is 3.13. The minimum atomic E-state index is -3.22. The lowest BCUT2D eigenvalue weighted by molar-refractivity contribution is 0.338. The Balaban J connectivity index is 3.65. The minimum absolute atomic E-state index is 0.103. The van der Waals surface area contributed by atoms with E-state index in [9.17, 15) is 8.42 Å². The molecule has 3 nitrogen and oxygen atoms in total. The van der Waals surface area contributed by atoms with E-state index >= 15 is 0 Å². The van der Waals surface area contributed by atoms with Crippen molar-refractivity contribution in [3.05, 3.63) is 0 Å². The minimum Gasteiger partial charge on any atom is -0.270 e. The van der Waals surface area contributed by atoms with Gasteiger partial charge < -0.3 is 0 Å². The first-order valence-corrected chi connectivity index (χ1v) is 5.75. The van der Waals surface area contributed by atoms with Gasteiger partial charge >= 0.3 is 0 Å². The second kappa shape index (κ2) is 5.09. The highest BCUT2D eigenvalue weighted by molar-refractivity contribution is 9.09. The van der Waals surface area contributed by atoms with E-state index in [-0.39, 0.29) is 12.4 Å². The van der Waals surface area contributed by atoms with Gasteiger partial charge in [-0.2, -0.15) is 8.42 Å². The van der Waals surface area contributed by atoms with Gasteiger partial charge in [-0.25, -0.2) is 0 Å². The van der Waals surface area contributed by atoms with Gasteiger partial charge in [0.25, 0.3) is 10.1 Å². The summed E-state index contributed by atoms with van der Waals surface area (Å²) < 4.78 is 26.0. The van der Waals surface area contributed by atoms with Gasteiger partial charge in [-0.05, 0) is 13.3 Å². The molecule has 0 amide bonds. The van der Waals surface area contributed by atoms with Gasteiger partial charge in [-0.3, -0.25) is 4.18 Å². The molecule has 0 atom stereocenters. The predicted octanol–water partition coefficient (Wildman–Crippen LogP) is 1.14. The topological polar surface area (TPSA) is 43.4 Å². The first-order valence-electron chi connectivity index (χ1n) is 3.05. The van der Waals surface area contributed by atoms with Crippen molar-refractivity contribution >= 4 is 26.0 Å². The van der Waals surface area contributed by atoms with Crippen LogP contribution < -0.4 is 0 Å². The maximum absolute atomic E-state index is 10.7. The Hall–Kier alpha value is 0.390. The Labute approximate surface area is 70.0 Å². The standard InChI is InChI=1S/C5H11BrO3S/c1-2-9-10(7,8)5-3-4-6/h2-5H2,1H3. The molecule has 0 aliphatic rings. The van der Waals surface area contributed by atoms with Crippen LogP contribution in [-0.4, -0.2) is 26.1 Å². The summed E-state index contributed by atoms with van der Waals surface area (Å²) in [6, 6.07) is 0.